The molecular weight excluding hydrogens is 303 g/mol. The number of halogens is 1. The molecule has 3 rings (SSSR count). The van der Waals surface area contributed by atoms with E-state index in [0.29, 0.717) is 5.56 Å². The predicted molar refractivity (Wildman–Crippen MR) is 82.5 cm³/mol. The Bertz CT molecular complexity index is 782. The van der Waals surface area contributed by atoms with Crippen molar-refractivity contribution >= 4 is 29.4 Å². The molecule has 1 aromatic carbocycles. The summed E-state index contributed by atoms with van der Waals surface area (Å²) in [6.45, 7) is 1.85. The molecule has 1 aliphatic heterocycles. The standard InChI is InChI=1S/C16H13FN2O2S/c1-10-6-7-22-14(10)8-13-15(20)19(16(21)18-13)9-11-4-2-3-5-12(11)17/h2-8H,9H2,1H3,(H,18,21)/b13-8+. The molecule has 1 aromatic heterocycles. The number of nitrogens with zero attached hydrogens (tertiary/aromatic N) is 1. The van der Waals surface area contributed by atoms with Crippen molar-refractivity contribution in [2.45, 2.75) is 13.5 Å². The summed E-state index contributed by atoms with van der Waals surface area (Å²) in [7, 11) is 0. The fourth-order valence-corrected chi connectivity index (χ4v) is 3.03. The summed E-state index contributed by atoms with van der Waals surface area (Å²) in [4.78, 5) is 26.2. The van der Waals surface area contributed by atoms with Gasteiger partial charge in [0.2, 0.25) is 0 Å². The lowest BCUT2D eigenvalue weighted by Crippen LogP contribution is -2.30. The highest BCUT2D eigenvalue weighted by atomic mass is 32.1. The van der Waals surface area contributed by atoms with Crippen LogP contribution in [0.25, 0.3) is 6.08 Å². The van der Waals surface area contributed by atoms with Gasteiger partial charge >= 0.3 is 6.03 Å². The lowest BCUT2D eigenvalue weighted by Gasteiger charge is -2.12. The number of carbonyl (C=O) groups is 2. The van der Waals surface area contributed by atoms with Crippen LogP contribution < -0.4 is 5.32 Å². The van der Waals surface area contributed by atoms with Crippen molar-refractivity contribution in [1.82, 2.24) is 10.2 Å². The van der Waals surface area contributed by atoms with E-state index in [-0.39, 0.29) is 12.2 Å². The Morgan fingerprint density at radius 1 is 1.27 bits per heavy atom. The van der Waals surface area contributed by atoms with Gasteiger partial charge in [-0.15, -0.1) is 11.3 Å². The average Bonchev–Trinajstić information content (AvgIpc) is 3.00. The van der Waals surface area contributed by atoms with Gasteiger partial charge in [0.05, 0.1) is 6.54 Å². The molecule has 4 nitrogen and oxygen atoms in total. The van der Waals surface area contributed by atoms with Gasteiger partial charge in [-0.3, -0.25) is 9.69 Å². The molecule has 1 fully saturated rings. The van der Waals surface area contributed by atoms with E-state index in [4.69, 9.17) is 0 Å². The van der Waals surface area contributed by atoms with Crippen LogP contribution in [-0.4, -0.2) is 16.8 Å². The predicted octanol–water partition coefficient (Wildman–Crippen LogP) is 3.29. The van der Waals surface area contributed by atoms with Crippen molar-refractivity contribution < 1.29 is 14.0 Å². The van der Waals surface area contributed by atoms with E-state index in [1.807, 2.05) is 18.4 Å². The quantitative estimate of drug-likeness (QED) is 0.698. The molecule has 22 heavy (non-hydrogen) atoms. The molecule has 6 heteroatoms. The molecule has 0 saturated carbocycles. The van der Waals surface area contributed by atoms with Crippen LogP contribution in [0.2, 0.25) is 0 Å². The topological polar surface area (TPSA) is 49.4 Å². The maximum atomic E-state index is 13.7. The number of amides is 3. The molecule has 0 aliphatic carbocycles. The van der Waals surface area contributed by atoms with E-state index in [9.17, 15) is 14.0 Å². The SMILES string of the molecule is Cc1ccsc1/C=C1/NC(=O)N(Cc2ccccc2F)C1=O. The second-order valence-electron chi connectivity index (χ2n) is 4.94. The first kappa shape index (κ1) is 14.5. The summed E-state index contributed by atoms with van der Waals surface area (Å²) >= 11 is 1.49. The number of urea groups is 1. The number of imide groups is 1. The van der Waals surface area contributed by atoms with E-state index in [0.717, 1.165) is 15.3 Å². The number of benzene rings is 1. The minimum atomic E-state index is -0.534. The third kappa shape index (κ3) is 2.65. The van der Waals surface area contributed by atoms with Gasteiger partial charge in [0.1, 0.15) is 11.5 Å². The molecule has 2 heterocycles. The lowest BCUT2D eigenvalue weighted by atomic mass is 10.2. The van der Waals surface area contributed by atoms with Gasteiger partial charge in [-0.2, -0.15) is 0 Å². The van der Waals surface area contributed by atoms with Crippen molar-refractivity contribution in [3.05, 3.63) is 63.2 Å². The van der Waals surface area contributed by atoms with Crippen LogP contribution in [-0.2, 0) is 11.3 Å². The highest BCUT2D eigenvalue weighted by Crippen LogP contribution is 2.22. The van der Waals surface area contributed by atoms with Gasteiger partial charge in [0.25, 0.3) is 5.91 Å². The number of hydrogen-bond donors (Lipinski definition) is 1. The number of hydrogen-bond acceptors (Lipinski definition) is 3. The summed E-state index contributed by atoms with van der Waals surface area (Å²) in [5.41, 5.74) is 1.55. The normalized spacial score (nSPS) is 16.5. The molecule has 0 spiro atoms. The molecule has 0 radical (unpaired) electrons. The first-order chi connectivity index (χ1) is 10.6. The maximum Gasteiger partial charge on any atom is 0.329 e. The lowest BCUT2D eigenvalue weighted by molar-refractivity contribution is -0.123. The van der Waals surface area contributed by atoms with E-state index in [1.54, 1.807) is 24.3 Å². The summed E-state index contributed by atoms with van der Waals surface area (Å²) in [5, 5.41) is 4.46. The fourth-order valence-electron chi connectivity index (χ4n) is 2.18. The van der Waals surface area contributed by atoms with Gasteiger partial charge in [-0.1, -0.05) is 18.2 Å². The second-order valence-corrected chi connectivity index (χ2v) is 5.89. The summed E-state index contributed by atoms with van der Waals surface area (Å²) in [5.74, 6) is -0.879. The number of aryl methyl sites for hydroxylation is 1. The zero-order valence-electron chi connectivity index (χ0n) is 11.8. The van der Waals surface area contributed by atoms with E-state index >= 15 is 0 Å². The molecule has 112 valence electrons. The number of carbonyl (C=O) groups excluding carboxylic acids is 2. The van der Waals surface area contributed by atoms with Crippen LogP contribution in [0.3, 0.4) is 0 Å². The van der Waals surface area contributed by atoms with E-state index < -0.39 is 17.8 Å². The van der Waals surface area contributed by atoms with Gasteiger partial charge < -0.3 is 5.32 Å². The number of nitrogens with one attached hydrogen (secondary N) is 1. The highest BCUT2D eigenvalue weighted by molar-refractivity contribution is 7.11. The highest BCUT2D eigenvalue weighted by Gasteiger charge is 2.34. The Kier molecular flexibility index (Phi) is 3.77. The van der Waals surface area contributed by atoms with Gasteiger partial charge in [-0.05, 0) is 36.1 Å². The number of thiophene rings is 1. The van der Waals surface area contributed by atoms with Gasteiger partial charge in [0.15, 0.2) is 0 Å². The summed E-state index contributed by atoms with van der Waals surface area (Å²) < 4.78 is 13.7. The first-order valence-corrected chi connectivity index (χ1v) is 7.56. The Labute approximate surface area is 130 Å². The van der Waals surface area contributed by atoms with Crippen LogP contribution >= 0.6 is 11.3 Å². The molecule has 1 N–H and O–H groups in total. The number of rotatable bonds is 3. The van der Waals surface area contributed by atoms with Crippen LogP contribution in [0, 0.1) is 12.7 Å². The summed E-state index contributed by atoms with van der Waals surface area (Å²) in [6.07, 6.45) is 1.65. The van der Waals surface area contributed by atoms with Crippen LogP contribution in [0.5, 0.6) is 0 Å². The zero-order chi connectivity index (χ0) is 15.7. The Hall–Kier alpha value is -2.47. The minimum Gasteiger partial charge on any atom is -0.303 e. The minimum absolute atomic E-state index is 0.0852. The molecule has 0 atom stereocenters. The third-order valence-electron chi connectivity index (χ3n) is 3.43. The van der Waals surface area contributed by atoms with Crippen molar-refractivity contribution in [2.24, 2.45) is 0 Å². The Morgan fingerprint density at radius 3 is 2.73 bits per heavy atom. The molecule has 3 amide bonds. The van der Waals surface area contributed by atoms with Crippen molar-refractivity contribution in [3.63, 3.8) is 0 Å². The molecule has 0 unspecified atom stereocenters. The van der Waals surface area contributed by atoms with Crippen molar-refractivity contribution in [1.29, 1.82) is 0 Å². The Balaban J connectivity index is 1.85. The van der Waals surface area contributed by atoms with E-state index in [2.05, 4.69) is 5.32 Å². The average molecular weight is 316 g/mol. The molecular formula is C16H13FN2O2S. The molecule has 2 aromatic rings. The monoisotopic (exact) mass is 316 g/mol. The molecule has 1 saturated heterocycles. The molecule has 0 bridgehead atoms. The van der Waals surface area contributed by atoms with Crippen LogP contribution in [0.15, 0.2) is 41.4 Å². The smallest absolute Gasteiger partial charge is 0.303 e. The van der Waals surface area contributed by atoms with Crippen LogP contribution in [0.4, 0.5) is 9.18 Å². The Morgan fingerprint density at radius 2 is 2.05 bits per heavy atom. The maximum absolute atomic E-state index is 13.7. The largest absolute Gasteiger partial charge is 0.329 e. The second kappa shape index (κ2) is 5.73. The van der Waals surface area contributed by atoms with Crippen LogP contribution in [0.1, 0.15) is 16.0 Å². The van der Waals surface area contributed by atoms with Crippen molar-refractivity contribution in [2.75, 3.05) is 0 Å². The zero-order valence-corrected chi connectivity index (χ0v) is 12.6. The van der Waals surface area contributed by atoms with Gasteiger partial charge in [0, 0.05) is 10.4 Å². The van der Waals surface area contributed by atoms with Gasteiger partial charge in [-0.25, -0.2) is 9.18 Å². The fraction of sp³-hybridized carbons (Fsp3) is 0.125. The molecule has 1 aliphatic rings. The van der Waals surface area contributed by atoms with E-state index in [1.165, 1.54) is 17.4 Å². The first-order valence-electron chi connectivity index (χ1n) is 6.68. The third-order valence-corrected chi connectivity index (χ3v) is 4.39. The summed E-state index contributed by atoms with van der Waals surface area (Å²) in [6, 6.07) is 7.50. The van der Waals surface area contributed by atoms with Crippen molar-refractivity contribution in [3.8, 4) is 0 Å².